The number of ether oxygens (including phenoxy) is 1. The lowest BCUT2D eigenvalue weighted by Crippen LogP contribution is -2.09. The van der Waals surface area contributed by atoms with E-state index in [0.29, 0.717) is 12.4 Å². The number of carbonyl (C=O) groups is 1. The summed E-state index contributed by atoms with van der Waals surface area (Å²) in [4.78, 5) is 16.0. The van der Waals surface area contributed by atoms with Crippen molar-refractivity contribution < 1.29 is 9.53 Å². The number of para-hydroxylation sites is 2. The number of carbonyl (C=O) groups excluding carboxylic acids is 1. The highest BCUT2D eigenvalue weighted by Gasteiger charge is 2.13. The average Bonchev–Trinajstić information content (AvgIpc) is 2.74. The van der Waals surface area contributed by atoms with Crippen LogP contribution in [0.5, 0.6) is 0 Å². The molecule has 0 saturated heterocycles. The first-order chi connectivity index (χ1) is 8.74. The molecule has 0 saturated carbocycles. The fourth-order valence-electron chi connectivity index (χ4n) is 2.04. The zero-order valence-corrected chi connectivity index (χ0v) is 10.8. The molecule has 0 aliphatic heterocycles. The zero-order valence-electron chi connectivity index (χ0n) is 10.8. The molecule has 4 heteroatoms. The topological polar surface area (TPSA) is 44.1 Å². The van der Waals surface area contributed by atoms with Crippen LogP contribution < -0.4 is 0 Å². The van der Waals surface area contributed by atoms with Crippen molar-refractivity contribution in [2.24, 2.45) is 0 Å². The molecule has 0 atom stereocenters. The van der Waals surface area contributed by atoms with E-state index in [9.17, 15) is 4.79 Å². The largest absolute Gasteiger partial charge is 0.382 e. The molecule has 1 heterocycles. The van der Waals surface area contributed by atoms with Gasteiger partial charge < -0.3 is 9.30 Å². The van der Waals surface area contributed by atoms with Gasteiger partial charge in [0.15, 0.2) is 11.6 Å². The lowest BCUT2D eigenvalue weighted by molar-refractivity contribution is 0.0997. The third kappa shape index (κ3) is 2.59. The molecule has 0 radical (unpaired) electrons. The number of imidazole rings is 1. The monoisotopic (exact) mass is 246 g/mol. The van der Waals surface area contributed by atoms with Crippen LogP contribution >= 0.6 is 0 Å². The van der Waals surface area contributed by atoms with Crippen molar-refractivity contribution in [1.29, 1.82) is 0 Å². The number of fused-ring (bicyclic) bond motifs is 1. The van der Waals surface area contributed by atoms with Gasteiger partial charge in [-0.25, -0.2) is 4.98 Å². The lowest BCUT2D eigenvalue weighted by atomic mass is 10.3. The molecular weight excluding hydrogens is 228 g/mol. The minimum atomic E-state index is 0.00242. The highest BCUT2D eigenvalue weighted by Crippen LogP contribution is 2.16. The molecule has 18 heavy (non-hydrogen) atoms. The van der Waals surface area contributed by atoms with Gasteiger partial charge in [0.2, 0.25) is 0 Å². The number of nitrogens with zero attached hydrogens (tertiary/aromatic N) is 2. The predicted octanol–water partition coefficient (Wildman–Crippen LogP) is 2.67. The summed E-state index contributed by atoms with van der Waals surface area (Å²) in [5, 5.41) is 0. The van der Waals surface area contributed by atoms with Crippen LogP contribution in [0.3, 0.4) is 0 Å². The average molecular weight is 246 g/mol. The Morgan fingerprint density at radius 2 is 2.17 bits per heavy atom. The number of hydrogen-bond acceptors (Lipinski definition) is 3. The van der Waals surface area contributed by atoms with Gasteiger partial charge in [-0.05, 0) is 25.5 Å². The number of aromatic nitrogens is 2. The maximum absolute atomic E-state index is 11.6. The smallest absolute Gasteiger partial charge is 0.195 e. The van der Waals surface area contributed by atoms with Crippen LogP contribution in [-0.4, -0.2) is 28.5 Å². The molecular formula is C14H18N2O2. The molecule has 0 aliphatic carbocycles. The normalized spacial score (nSPS) is 11.0. The molecule has 1 aromatic carbocycles. The number of hydrogen-bond donors (Lipinski definition) is 0. The first kappa shape index (κ1) is 12.8. The fourth-order valence-corrected chi connectivity index (χ4v) is 2.04. The molecule has 1 aromatic heterocycles. The Labute approximate surface area is 107 Å². The van der Waals surface area contributed by atoms with Crippen molar-refractivity contribution in [2.75, 3.05) is 13.2 Å². The van der Waals surface area contributed by atoms with Crippen molar-refractivity contribution in [3.63, 3.8) is 0 Å². The third-order valence-corrected chi connectivity index (χ3v) is 2.84. The van der Waals surface area contributed by atoms with Crippen LogP contribution in [0, 0.1) is 0 Å². The molecule has 0 aliphatic rings. The van der Waals surface area contributed by atoms with Crippen molar-refractivity contribution >= 4 is 16.8 Å². The molecule has 0 fully saturated rings. The van der Waals surface area contributed by atoms with Gasteiger partial charge in [-0.1, -0.05) is 12.1 Å². The highest BCUT2D eigenvalue weighted by atomic mass is 16.5. The maximum atomic E-state index is 11.6. The van der Waals surface area contributed by atoms with Crippen molar-refractivity contribution in [3.8, 4) is 0 Å². The van der Waals surface area contributed by atoms with Crippen LogP contribution in [-0.2, 0) is 11.3 Å². The molecule has 0 spiro atoms. The first-order valence-electron chi connectivity index (χ1n) is 6.28. The van der Waals surface area contributed by atoms with Crippen LogP contribution in [0.2, 0.25) is 0 Å². The van der Waals surface area contributed by atoms with Crippen molar-refractivity contribution in [1.82, 2.24) is 9.55 Å². The summed E-state index contributed by atoms with van der Waals surface area (Å²) in [6, 6.07) is 7.83. The quantitative estimate of drug-likeness (QED) is 0.581. The molecule has 0 N–H and O–H groups in total. The molecule has 0 unspecified atom stereocenters. The van der Waals surface area contributed by atoms with Crippen molar-refractivity contribution in [2.45, 2.75) is 26.8 Å². The molecule has 0 amide bonds. The lowest BCUT2D eigenvalue weighted by Gasteiger charge is -2.07. The van der Waals surface area contributed by atoms with E-state index in [1.165, 1.54) is 0 Å². The number of ketones is 1. The summed E-state index contributed by atoms with van der Waals surface area (Å²) < 4.78 is 7.31. The first-order valence-corrected chi connectivity index (χ1v) is 6.28. The van der Waals surface area contributed by atoms with Gasteiger partial charge >= 0.3 is 0 Å². The fraction of sp³-hybridized carbons (Fsp3) is 0.429. The summed E-state index contributed by atoms with van der Waals surface area (Å²) in [6.45, 7) is 5.73. The number of benzene rings is 1. The highest BCUT2D eigenvalue weighted by molar-refractivity contribution is 5.94. The van der Waals surface area contributed by atoms with Crippen LogP contribution in [0.15, 0.2) is 24.3 Å². The standard InChI is InChI=1S/C14H18N2O2/c1-3-18-10-6-9-16-13-8-5-4-7-12(13)15-14(16)11(2)17/h4-5,7-8H,3,6,9-10H2,1-2H3. The van der Waals surface area contributed by atoms with Gasteiger partial charge in [0.1, 0.15) is 0 Å². The van der Waals surface area contributed by atoms with E-state index < -0.39 is 0 Å². The summed E-state index contributed by atoms with van der Waals surface area (Å²) in [7, 11) is 0. The van der Waals surface area contributed by atoms with Crippen LogP contribution in [0.1, 0.15) is 30.9 Å². The van der Waals surface area contributed by atoms with Crippen LogP contribution in [0.25, 0.3) is 11.0 Å². The second kappa shape index (κ2) is 5.78. The van der Waals surface area contributed by atoms with E-state index in [2.05, 4.69) is 4.98 Å². The SMILES string of the molecule is CCOCCCn1c(C(C)=O)nc2ccccc21. The summed E-state index contributed by atoms with van der Waals surface area (Å²) in [5.74, 6) is 0.537. The molecule has 2 rings (SSSR count). The number of Topliss-reactive ketones (excluding diaryl/α,β-unsaturated/α-hetero) is 1. The van der Waals surface area contributed by atoms with Gasteiger partial charge in [-0.15, -0.1) is 0 Å². The van der Waals surface area contributed by atoms with E-state index in [1.807, 2.05) is 35.8 Å². The van der Waals surface area contributed by atoms with E-state index in [-0.39, 0.29) is 5.78 Å². The number of aryl methyl sites for hydroxylation is 1. The van der Waals surface area contributed by atoms with Gasteiger partial charge in [0, 0.05) is 26.7 Å². The van der Waals surface area contributed by atoms with Gasteiger partial charge in [-0.3, -0.25) is 4.79 Å². The summed E-state index contributed by atoms with van der Waals surface area (Å²) in [6.07, 6.45) is 0.883. The van der Waals surface area contributed by atoms with E-state index in [1.54, 1.807) is 6.92 Å². The van der Waals surface area contributed by atoms with E-state index in [0.717, 1.165) is 30.6 Å². The zero-order chi connectivity index (χ0) is 13.0. The Balaban J connectivity index is 2.27. The minimum Gasteiger partial charge on any atom is -0.382 e. The maximum Gasteiger partial charge on any atom is 0.195 e. The van der Waals surface area contributed by atoms with Crippen molar-refractivity contribution in [3.05, 3.63) is 30.1 Å². The Hall–Kier alpha value is -1.68. The third-order valence-electron chi connectivity index (χ3n) is 2.84. The molecule has 2 aromatic rings. The molecule has 0 bridgehead atoms. The predicted molar refractivity (Wildman–Crippen MR) is 70.8 cm³/mol. The Kier molecular flexibility index (Phi) is 4.10. The number of rotatable bonds is 6. The summed E-state index contributed by atoms with van der Waals surface area (Å²) >= 11 is 0. The second-order valence-corrected chi connectivity index (χ2v) is 4.18. The Morgan fingerprint density at radius 1 is 1.39 bits per heavy atom. The van der Waals surface area contributed by atoms with E-state index in [4.69, 9.17) is 4.74 Å². The van der Waals surface area contributed by atoms with E-state index >= 15 is 0 Å². The van der Waals surface area contributed by atoms with Gasteiger partial charge in [0.25, 0.3) is 0 Å². The van der Waals surface area contributed by atoms with Crippen LogP contribution in [0.4, 0.5) is 0 Å². The Morgan fingerprint density at radius 3 is 2.89 bits per heavy atom. The summed E-state index contributed by atoms with van der Waals surface area (Å²) in [5.41, 5.74) is 1.89. The second-order valence-electron chi connectivity index (χ2n) is 4.18. The molecule has 4 nitrogen and oxygen atoms in total. The molecule has 96 valence electrons. The van der Waals surface area contributed by atoms with Gasteiger partial charge in [-0.2, -0.15) is 0 Å². The Bertz CT molecular complexity index is 546. The minimum absolute atomic E-state index is 0.00242. The van der Waals surface area contributed by atoms with Gasteiger partial charge in [0.05, 0.1) is 11.0 Å².